The van der Waals surface area contributed by atoms with Gasteiger partial charge in [-0.3, -0.25) is 4.79 Å². The zero-order chi connectivity index (χ0) is 24.1. The number of sulfonamides is 1. The molecule has 1 N–H and O–H groups in total. The van der Waals surface area contributed by atoms with E-state index in [1.165, 1.54) is 22.3 Å². The maximum Gasteiger partial charge on any atom is 0.234 e. The van der Waals surface area contributed by atoms with Crippen LogP contribution < -0.4 is 10.1 Å². The normalized spacial score (nSPS) is 21.5. The number of piperidine rings is 1. The molecule has 1 aromatic carbocycles. The maximum atomic E-state index is 12.5. The van der Waals surface area contributed by atoms with Gasteiger partial charge in [-0.05, 0) is 49.9 Å². The number of ether oxygens (including phenoxy) is 2. The van der Waals surface area contributed by atoms with E-state index in [1.54, 1.807) is 31.4 Å². The highest BCUT2D eigenvalue weighted by atomic mass is 32.2. The molecule has 12 heteroatoms. The second-order valence-corrected chi connectivity index (χ2v) is 11.5. The molecule has 2 aliphatic rings. The third-order valence-electron chi connectivity index (χ3n) is 6.08. The zero-order valence-corrected chi connectivity index (χ0v) is 21.1. The van der Waals surface area contributed by atoms with E-state index in [2.05, 4.69) is 15.5 Å². The number of benzene rings is 1. The van der Waals surface area contributed by atoms with Crippen molar-refractivity contribution in [2.45, 2.75) is 49.4 Å². The van der Waals surface area contributed by atoms with Gasteiger partial charge < -0.3 is 19.4 Å². The van der Waals surface area contributed by atoms with Crippen molar-refractivity contribution in [1.29, 1.82) is 0 Å². The molecule has 3 heterocycles. The Hall–Kier alpha value is -2.15. The van der Waals surface area contributed by atoms with Crippen LogP contribution in [0.1, 0.15) is 37.4 Å². The molecule has 34 heavy (non-hydrogen) atoms. The number of methoxy groups -OCH3 is 1. The Morgan fingerprint density at radius 1 is 1.24 bits per heavy atom. The number of nitrogens with zero attached hydrogens (tertiary/aromatic N) is 4. The van der Waals surface area contributed by atoms with Crippen LogP contribution in [-0.4, -0.2) is 78.3 Å². The van der Waals surface area contributed by atoms with Gasteiger partial charge in [-0.15, -0.1) is 10.2 Å². The second kappa shape index (κ2) is 11.1. The van der Waals surface area contributed by atoms with E-state index in [-0.39, 0.29) is 23.7 Å². The lowest BCUT2D eigenvalue weighted by atomic mass is 9.98. The van der Waals surface area contributed by atoms with Gasteiger partial charge in [0.1, 0.15) is 11.6 Å². The third-order valence-corrected chi connectivity index (χ3v) is 8.32. The highest BCUT2D eigenvalue weighted by Gasteiger charge is 2.32. The summed E-state index contributed by atoms with van der Waals surface area (Å²) >= 11 is 1.32. The van der Waals surface area contributed by atoms with Crippen molar-refractivity contribution < 1.29 is 22.7 Å². The minimum atomic E-state index is -3.27. The van der Waals surface area contributed by atoms with Gasteiger partial charge in [-0.25, -0.2) is 12.7 Å². The number of rotatable bonds is 9. The molecule has 2 saturated heterocycles. The lowest BCUT2D eigenvalue weighted by molar-refractivity contribution is -0.113. The van der Waals surface area contributed by atoms with Crippen LogP contribution in [0.3, 0.4) is 0 Å². The first-order chi connectivity index (χ1) is 16.3. The summed E-state index contributed by atoms with van der Waals surface area (Å²) in [6.07, 6.45) is 4.90. The number of aromatic nitrogens is 3. The number of carbonyl (C=O) groups is 1. The highest BCUT2D eigenvalue weighted by molar-refractivity contribution is 7.99. The Bertz CT molecular complexity index is 1080. The van der Waals surface area contributed by atoms with Gasteiger partial charge in [0.05, 0.1) is 31.8 Å². The van der Waals surface area contributed by atoms with Gasteiger partial charge >= 0.3 is 0 Å². The molecule has 4 rings (SSSR count). The van der Waals surface area contributed by atoms with Gasteiger partial charge in [0.25, 0.3) is 0 Å². The topological polar surface area (TPSA) is 116 Å². The molecule has 0 aliphatic carbocycles. The molecule has 0 unspecified atom stereocenters. The third kappa shape index (κ3) is 6.29. The summed E-state index contributed by atoms with van der Waals surface area (Å²) < 4.78 is 38.7. The number of hydrogen-bond acceptors (Lipinski definition) is 8. The number of nitrogens with one attached hydrogen (secondary N) is 1. The molecule has 2 aromatic rings. The maximum absolute atomic E-state index is 12.5. The lowest BCUT2D eigenvalue weighted by Gasteiger charge is -2.30. The Kier molecular flexibility index (Phi) is 8.12. The molecule has 1 aromatic heterocycles. The van der Waals surface area contributed by atoms with Crippen LogP contribution in [0, 0.1) is 0 Å². The summed E-state index contributed by atoms with van der Waals surface area (Å²) in [7, 11) is -1.67. The van der Waals surface area contributed by atoms with E-state index in [1.807, 2.05) is 4.57 Å². The second-order valence-electron chi connectivity index (χ2n) is 8.61. The first kappa shape index (κ1) is 25.0. The number of amides is 1. The van der Waals surface area contributed by atoms with E-state index in [0.29, 0.717) is 30.5 Å². The van der Waals surface area contributed by atoms with Crippen molar-refractivity contribution in [1.82, 2.24) is 19.1 Å². The minimum absolute atomic E-state index is 0.0418. The van der Waals surface area contributed by atoms with Crippen molar-refractivity contribution >= 4 is 33.4 Å². The summed E-state index contributed by atoms with van der Waals surface area (Å²) in [5, 5.41) is 12.4. The number of carbonyl (C=O) groups excluding carboxylic acids is 1. The summed E-state index contributed by atoms with van der Waals surface area (Å²) in [5.74, 6) is 1.47. The minimum Gasteiger partial charge on any atom is -0.497 e. The van der Waals surface area contributed by atoms with Gasteiger partial charge in [0, 0.05) is 31.3 Å². The van der Waals surface area contributed by atoms with Gasteiger partial charge in [0.15, 0.2) is 5.16 Å². The molecule has 0 saturated carbocycles. The van der Waals surface area contributed by atoms with Crippen molar-refractivity contribution in [2.75, 3.05) is 44.1 Å². The molecule has 2 fully saturated rings. The van der Waals surface area contributed by atoms with Crippen LogP contribution in [0.15, 0.2) is 29.4 Å². The number of anilines is 1. The Morgan fingerprint density at radius 2 is 2.03 bits per heavy atom. The molecule has 2 atom stereocenters. The smallest absolute Gasteiger partial charge is 0.234 e. The lowest BCUT2D eigenvalue weighted by Crippen LogP contribution is -2.39. The van der Waals surface area contributed by atoms with Crippen LogP contribution in [0.4, 0.5) is 5.69 Å². The van der Waals surface area contributed by atoms with Crippen LogP contribution >= 0.6 is 11.8 Å². The number of hydrogen-bond donors (Lipinski definition) is 1. The van der Waals surface area contributed by atoms with E-state index in [4.69, 9.17) is 9.47 Å². The fourth-order valence-corrected chi connectivity index (χ4v) is 5.99. The van der Waals surface area contributed by atoms with E-state index in [0.717, 1.165) is 43.9 Å². The van der Waals surface area contributed by atoms with Gasteiger partial charge in [-0.2, -0.15) is 0 Å². The zero-order valence-electron chi connectivity index (χ0n) is 19.5. The van der Waals surface area contributed by atoms with Crippen molar-refractivity contribution in [3.05, 3.63) is 30.1 Å². The molecule has 186 valence electrons. The van der Waals surface area contributed by atoms with Crippen LogP contribution in [-0.2, 0) is 26.1 Å². The average Bonchev–Trinajstić information content (AvgIpc) is 3.48. The van der Waals surface area contributed by atoms with Crippen molar-refractivity contribution in [3.63, 3.8) is 0 Å². The summed E-state index contributed by atoms with van der Waals surface area (Å²) in [4.78, 5) is 12.5. The summed E-state index contributed by atoms with van der Waals surface area (Å²) in [5.41, 5.74) is 0.691. The number of thioether (sulfide) groups is 1. The largest absolute Gasteiger partial charge is 0.497 e. The quantitative estimate of drug-likeness (QED) is 0.512. The first-order valence-electron chi connectivity index (χ1n) is 11.4. The average molecular weight is 510 g/mol. The van der Waals surface area contributed by atoms with Crippen molar-refractivity contribution in [2.24, 2.45) is 0 Å². The van der Waals surface area contributed by atoms with Gasteiger partial charge in [-0.1, -0.05) is 11.8 Å². The van der Waals surface area contributed by atoms with Crippen LogP contribution in [0.25, 0.3) is 0 Å². The highest BCUT2D eigenvalue weighted by Crippen LogP contribution is 2.31. The molecule has 1 amide bonds. The Labute approximate surface area is 204 Å². The van der Waals surface area contributed by atoms with Crippen molar-refractivity contribution in [3.8, 4) is 5.75 Å². The molecular weight excluding hydrogens is 478 g/mol. The standard InChI is InChI=1S/C22H31N5O5S2/c1-31-18-9-7-17(8-10-18)23-20(28)15-33-22-25-24-21(27(22)14-19-6-4-12-32-19)16-5-3-11-26(13-16)34(2,29)30/h7-10,16,19H,3-6,11-15H2,1-2H3,(H,23,28)/t16-,19-/m1/s1. The molecule has 2 aliphatic heterocycles. The predicted octanol–water partition coefficient (Wildman–Crippen LogP) is 2.34. The SMILES string of the molecule is COc1ccc(NC(=O)CSc2nnc([C@@H]3CCCN(S(C)(=O)=O)C3)n2C[C@H]2CCCO2)cc1. The first-order valence-corrected chi connectivity index (χ1v) is 14.2. The van der Waals surface area contributed by atoms with Gasteiger partial charge in [0.2, 0.25) is 15.9 Å². The monoisotopic (exact) mass is 509 g/mol. The molecule has 0 spiro atoms. The van der Waals surface area contributed by atoms with E-state index < -0.39 is 10.0 Å². The molecular formula is C22H31N5O5S2. The summed E-state index contributed by atoms with van der Waals surface area (Å²) in [6.45, 7) is 2.26. The Balaban J connectivity index is 1.46. The fourth-order valence-electron chi connectivity index (χ4n) is 4.33. The van der Waals surface area contributed by atoms with E-state index in [9.17, 15) is 13.2 Å². The molecule has 0 bridgehead atoms. The fraction of sp³-hybridized carbons (Fsp3) is 0.591. The molecule has 0 radical (unpaired) electrons. The Morgan fingerprint density at radius 3 is 2.71 bits per heavy atom. The predicted molar refractivity (Wildman–Crippen MR) is 130 cm³/mol. The summed E-state index contributed by atoms with van der Waals surface area (Å²) in [6, 6.07) is 7.15. The molecule has 10 nitrogen and oxygen atoms in total. The van der Waals surface area contributed by atoms with E-state index >= 15 is 0 Å². The van der Waals surface area contributed by atoms with Crippen LogP contribution in [0.2, 0.25) is 0 Å². The van der Waals surface area contributed by atoms with Crippen LogP contribution in [0.5, 0.6) is 5.75 Å².